The van der Waals surface area contributed by atoms with Gasteiger partial charge in [-0.25, -0.2) is 0 Å². The topological polar surface area (TPSA) is 12.9 Å². The smallest absolute Gasteiger partial charge is 0.0670 e. The van der Waals surface area contributed by atoms with E-state index in [-0.39, 0.29) is 5.41 Å². The van der Waals surface area contributed by atoms with E-state index in [1.165, 1.54) is 39.8 Å². The molecule has 0 spiro atoms. The Balaban J connectivity index is 1.65. The van der Waals surface area contributed by atoms with Crippen molar-refractivity contribution in [2.24, 2.45) is 5.92 Å². The predicted molar refractivity (Wildman–Crippen MR) is 136 cm³/mol. The third-order valence-corrected chi connectivity index (χ3v) is 7.41. The van der Waals surface area contributed by atoms with E-state index in [1.54, 1.807) is 0 Å². The second-order valence-corrected chi connectivity index (χ2v) is 9.11. The minimum atomic E-state index is -0.294. The molecule has 2 aliphatic rings. The number of nitrogens with zero attached hydrogens (tertiary/aromatic N) is 1. The third kappa shape index (κ3) is 3.27. The first kappa shape index (κ1) is 19.9. The molecule has 0 saturated carbocycles. The molecule has 160 valence electrons. The van der Waals surface area contributed by atoms with E-state index >= 15 is 0 Å². The largest absolute Gasteiger partial charge is 0.264 e. The second kappa shape index (κ2) is 8.33. The summed E-state index contributed by atoms with van der Waals surface area (Å²) in [5.41, 5.74) is 9.15. The molecule has 1 heteroatoms. The highest BCUT2D eigenvalue weighted by Crippen LogP contribution is 2.53. The van der Waals surface area contributed by atoms with Gasteiger partial charge in [0.05, 0.1) is 5.41 Å². The lowest BCUT2D eigenvalue weighted by Crippen LogP contribution is -2.35. The van der Waals surface area contributed by atoms with Crippen LogP contribution >= 0.6 is 0 Å². The molecule has 0 saturated heterocycles. The molecule has 1 heterocycles. The molecule has 0 bridgehead atoms. The molecule has 2 atom stereocenters. The van der Waals surface area contributed by atoms with Gasteiger partial charge in [0, 0.05) is 12.4 Å². The van der Waals surface area contributed by atoms with Gasteiger partial charge in [-0.1, -0.05) is 103 Å². The lowest BCUT2D eigenvalue weighted by molar-refractivity contribution is 0.519. The van der Waals surface area contributed by atoms with E-state index in [0.717, 1.165) is 18.4 Å². The van der Waals surface area contributed by atoms with E-state index in [9.17, 15) is 0 Å². The average Bonchev–Trinajstić information content (AvgIpc) is 3.05. The Kier molecular flexibility index (Phi) is 5.03. The summed E-state index contributed by atoms with van der Waals surface area (Å²) in [7, 11) is 0. The monoisotopic (exact) mass is 425 g/mol. The predicted octanol–water partition coefficient (Wildman–Crippen LogP) is 7.53. The Morgan fingerprint density at radius 3 is 2.33 bits per heavy atom. The summed E-state index contributed by atoms with van der Waals surface area (Å²) < 4.78 is 0. The Labute approximate surface area is 196 Å². The van der Waals surface area contributed by atoms with Gasteiger partial charge in [-0.05, 0) is 70.2 Å². The first-order valence-electron chi connectivity index (χ1n) is 11.9. The van der Waals surface area contributed by atoms with Crippen LogP contribution in [-0.4, -0.2) is 4.98 Å². The zero-order valence-corrected chi connectivity index (χ0v) is 18.7. The number of aryl methyl sites for hydroxylation is 1. The van der Waals surface area contributed by atoms with Gasteiger partial charge in [-0.15, -0.1) is 0 Å². The highest BCUT2D eigenvalue weighted by Gasteiger charge is 2.45. The summed E-state index contributed by atoms with van der Waals surface area (Å²) in [6.45, 7) is 0. The third-order valence-electron chi connectivity index (χ3n) is 7.41. The molecule has 1 aromatic heterocycles. The summed E-state index contributed by atoms with van der Waals surface area (Å²) in [6.07, 6.45) is 14.2. The molecular formula is C32H27N. The summed E-state index contributed by atoms with van der Waals surface area (Å²) >= 11 is 0. The molecule has 0 N–H and O–H groups in total. The molecule has 2 aliphatic carbocycles. The Morgan fingerprint density at radius 1 is 0.727 bits per heavy atom. The van der Waals surface area contributed by atoms with Gasteiger partial charge in [0.1, 0.15) is 0 Å². The van der Waals surface area contributed by atoms with Gasteiger partial charge in [-0.3, -0.25) is 4.98 Å². The summed E-state index contributed by atoms with van der Waals surface area (Å²) in [5.74, 6) is 0.542. The van der Waals surface area contributed by atoms with Gasteiger partial charge >= 0.3 is 0 Å². The van der Waals surface area contributed by atoms with Gasteiger partial charge in [0.2, 0.25) is 0 Å². The number of fused-ring (bicyclic) bond motifs is 2. The molecule has 4 aromatic rings. The fourth-order valence-electron chi connectivity index (χ4n) is 5.92. The van der Waals surface area contributed by atoms with Crippen LogP contribution in [0.1, 0.15) is 35.1 Å². The average molecular weight is 426 g/mol. The van der Waals surface area contributed by atoms with Crippen molar-refractivity contribution >= 4 is 0 Å². The van der Waals surface area contributed by atoms with Crippen LogP contribution in [0.15, 0.2) is 127 Å². The lowest BCUT2D eigenvalue weighted by atomic mass is 9.61. The highest BCUT2D eigenvalue weighted by molar-refractivity contribution is 5.67. The van der Waals surface area contributed by atoms with E-state index in [4.69, 9.17) is 0 Å². The SMILES string of the molecule is C1=CCC2CCc3ccccc3C(c3ccccc3)(c3ccc(-c4cccnc4)cc3)C2=C1. The summed E-state index contributed by atoms with van der Waals surface area (Å²) in [6, 6.07) is 33.5. The molecule has 33 heavy (non-hydrogen) atoms. The lowest BCUT2D eigenvalue weighted by Gasteiger charge is -2.41. The van der Waals surface area contributed by atoms with Crippen LogP contribution in [0, 0.1) is 5.92 Å². The minimum absolute atomic E-state index is 0.294. The second-order valence-electron chi connectivity index (χ2n) is 9.11. The van der Waals surface area contributed by atoms with Crippen molar-refractivity contribution in [2.75, 3.05) is 0 Å². The van der Waals surface area contributed by atoms with E-state index in [1.807, 2.05) is 18.5 Å². The van der Waals surface area contributed by atoms with Crippen LogP contribution in [0.25, 0.3) is 11.1 Å². The number of aromatic nitrogens is 1. The maximum absolute atomic E-state index is 4.31. The number of allylic oxidation sites excluding steroid dienone is 4. The van der Waals surface area contributed by atoms with Crippen LogP contribution in [0.5, 0.6) is 0 Å². The van der Waals surface area contributed by atoms with Crippen LogP contribution in [-0.2, 0) is 11.8 Å². The van der Waals surface area contributed by atoms with Crippen LogP contribution < -0.4 is 0 Å². The Hall–Kier alpha value is -3.71. The quantitative estimate of drug-likeness (QED) is 0.330. The van der Waals surface area contributed by atoms with Gasteiger partial charge < -0.3 is 0 Å². The van der Waals surface area contributed by atoms with Crippen molar-refractivity contribution in [3.05, 3.63) is 149 Å². The van der Waals surface area contributed by atoms with Crippen molar-refractivity contribution < 1.29 is 0 Å². The van der Waals surface area contributed by atoms with Crippen molar-refractivity contribution in [1.82, 2.24) is 4.98 Å². The number of hydrogen-bond acceptors (Lipinski definition) is 1. The zero-order valence-electron chi connectivity index (χ0n) is 18.7. The van der Waals surface area contributed by atoms with Crippen LogP contribution in [0.4, 0.5) is 0 Å². The maximum atomic E-state index is 4.31. The first-order chi connectivity index (χ1) is 16.4. The highest BCUT2D eigenvalue weighted by atomic mass is 14.6. The first-order valence-corrected chi connectivity index (χ1v) is 11.9. The van der Waals surface area contributed by atoms with Gasteiger partial charge in [-0.2, -0.15) is 0 Å². The number of benzene rings is 3. The van der Waals surface area contributed by atoms with Crippen molar-refractivity contribution in [3.63, 3.8) is 0 Å². The molecule has 0 radical (unpaired) electrons. The number of rotatable bonds is 3. The molecule has 0 amide bonds. The molecular weight excluding hydrogens is 398 g/mol. The van der Waals surface area contributed by atoms with E-state index in [2.05, 4.69) is 108 Å². The summed E-state index contributed by atoms with van der Waals surface area (Å²) in [4.78, 5) is 4.31. The Morgan fingerprint density at radius 2 is 1.52 bits per heavy atom. The van der Waals surface area contributed by atoms with Crippen molar-refractivity contribution in [1.29, 1.82) is 0 Å². The maximum Gasteiger partial charge on any atom is 0.0670 e. The number of pyridine rings is 1. The normalized spacial score (nSPS) is 21.5. The van der Waals surface area contributed by atoms with Gasteiger partial charge in [0.15, 0.2) is 0 Å². The molecule has 0 aliphatic heterocycles. The number of hydrogen-bond donors (Lipinski definition) is 0. The van der Waals surface area contributed by atoms with E-state index in [0.29, 0.717) is 5.92 Å². The molecule has 1 nitrogen and oxygen atoms in total. The summed E-state index contributed by atoms with van der Waals surface area (Å²) in [5, 5.41) is 0. The standard InChI is InChI=1S/C32H27N/c1-2-12-28(13-3-1)32(29-20-18-24(19-21-29)27-11-8-22-33-23-27)30-14-6-4-9-25(30)16-17-26-10-5-7-15-31(26)32/h1-9,11-15,18-23,26H,10,16-17H2. The van der Waals surface area contributed by atoms with Crippen LogP contribution in [0.2, 0.25) is 0 Å². The fourth-order valence-corrected chi connectivity index (χ4v) is 5.92. The van der Waals surface area contributed by atoms with Gasteiger partial charge in [0.25, 0.3) is 0 Å². The van der Waals surface area contributed by atoms with E-state index < -0.39 is 0 Å². The molecule has 6 rings (SSSR count). The molecule has 2 unspecified atom stereocenters. The van der Waals surface area contributed by atoms with Crippen molar-refractivity contribution in [3.8, 4) is 11.1 Å². The van der Waals surface area contributed by atoms with Crippen LogP contribution in [0.3, 0.4) is 0 Å². The zero-order chi connectivity index (χ0) is 22.1. The fraction of sp³-hybridized carbons (Fsp3) is 0.156. The Bertz CT molecular complexity index is 1320. The minimum Gasteiger partial charge on any atom is -0.264 e. The van der Waals surface area contributed by atoms with Crippen molar-refractivity contribution in [2.45, 2.75) is 24.7 Å². The molecule has 0 fully saturated rings. The molecule has 3 aromatic carbocycles.